The molecule has 0 saturated carbocycles. The third-order valence-corrected chi connectivity index (χ3v) is 5.34. The molecule has 176 valence electrons. The zero-order valence-electron chi connectivity index (χ0n) is 19.2. The van der Waals surface area contributed by atoms with Crippen LogP contribution in [-0.4, -0.2) is 27.8 Å². The van der Waals surface area contributed by atoms with Crippen molar-refractivity contribution in [3.63, 3.8) is 0 Å². The van der Waals surface area contributed by atoms with Crippen molar-refractivity contribution in [1.82, 2.24) is 15.0 Å². The fourth-order valence-electron chi connectivity index (χ4n) is 3.60. The number of aryl methyl sites for hydroxylation is 2. The molecule has 3 heterocycles. The van der Waals surface area contributed by atoms with Crippen LogP contribution in [-0.2, 0) is 6.42 Å². The normalized spacial score (nSPS) is 11.7. The van der Waals surface area contributed by atoms with Gasteiger partial charge in [-0.25, -0.2) is 19.7 Å². The monoisotopic (exact) mass is 469 g/mol. The first-order valence-electron chi connectivity index (χ1n) is 11.1. The van der Waals surface area contributed by atoms with Gasteiger partial charge in [0, 0.05) is 36.3 Å². The minimum atomic E-state index is -0.376. The molecule has 4 aromatic rings. The van der Waals surface area contributed by atoms with Crippen LogP contribution in [0.2, 0.25) is 0 Å². The average molecular weight is 470 g/mol. The lowest BCUT2D eigenvalue weighted by atomic mass is 10.1. The van der Waals surface area contributed by atoms with Crippen molar-refractivity contribution in [2.75, 3.05) is 17.4 Å². The number of carbonyl (C=O) groups excluding carboxylic acids is 1. The molecule has 9 nitrogen and oxygen atoms in total. The number of nitrogens with one attached hydrogen (secondary N) is 2. The summed E-state index contributed by atoms with van der Waals surface area (Å²) in [5, 5.41) is 5.62. The number of hydrogen-bond donors (Lipinski definition) is 2. The van der Waals surface area contributed by atoms with Gasteiger partial charge in [0.2, 0.25) is 12.7 Å². The highest BCUT2D eigenvalue weighted by atomic mass is 16.7. The number of fused-ring (bicyclic) bond motifs is 1. The molecule has 0 unspecified atom stereocenters. The van der Waals surface area contributed by atoms with Crippen LogP contribution in [0.3, 0.4) is 0 Å². The van der Waals surface area contributed by atoms with Crippen LogP contribution < -0.4 is 24.8 Å². The maximum absolute atomic E-state index is 12.5. The topological polar surface area (TPSA) is 107 Å². The molecule has 0 saturated heterocycles. The predicted octanol–water partition coefficient (Wildman–Crippen LogP) is 5.57. The molecular weight excluding hydrogens is 446 g/mol. The van der Waals surface area contributed by atoms with E-state index in [9.17, 15) is 4.79 Å². The molecule has 0 radical (unpaired) electrons. The van der Waals surface area contributed by atoms with Crippen molar-refractivity contribution in [1.29, 1.82) is 0 Å². The van der Waals surface area contributed by atoms with E-state index in [1.807, 2.05) is 38.1 Å². The van der Waals surface area contributed by atoms with Gasteiger partial charge in [-0.05, 0) is 61.0 Å². The van der Waals surface area contributed by atoms with Crippen LogP contribution in [0.25, 0.3) is 11.3 Å². The lowest BCUT2D eigenvalue weighted by Gasteiger charge is -2.13. The maximum atomic E-state index is 12.5. The molecule has 1 aliphatic heterocycles. The van der Waals surface area contributed by atoms with E-state index in [4.69, 9.17) is 14.2 Å². The minimum Gasteiger partial charge on any atom is -0.454 e. The number of hydrogen-bond acceptors (Lipinski definition) is 7. The molecule has 0 fully saturated rings. The van der Waals surface area contributed by atoms with Gasteiger partial charge in [-0.15, -0.1) is 0 Å². The van der Waals surface area contributed by atoms with E-state index in [0.717, 1.165) is 29.1 Å². The number of benzene rings is 2. The van der Waals surface area contributed by atoms with Gasteiger partial charge in [-0.2, -0.15) is 0 Å². The molecule has 0 aliphatic carbocycles. The van der Waals surface area contributed by atoms with Crippen molar-refractivity contribution in [3.05, 3.63) is 78.4 Å². The Hall–Kier alpha value is -4.66. The van der Waals surface area contributed by atoms with Gasteiger partial charge in [0.05, 0.1) is 11.3 Å². The second kappa shape index (κ2) is 9.68. The predicted molar refractivity (Wildman–Crippen MR) is 131 cm³/mol. The van der Waals surface area contributed by atoms with Gasteiger partial charge < -0.3 is 24.8 Å². The largest absolute Gasteiger partial charge is 0.454 e. The molecule has 0 atom stereocenters. The van der Waals surface area contributed by atoms with E-state index < -0.39 is 0 Å². The first kappa shape index (κ1) is 22.1. The molecular formula is C26H23N5O4. The number of aromatic nitrogens is 3. The summed E-state index contributed by atoms with van der Waals surface area (Å²) < 4.78 is 16.8. The van der Waals surface area contributed by atoms with E-state index >= 15 is 0 Å². The summed E-state index contributed by atoms with van der Waals surface area (Å²) in [5.41, 5.74) is 3.57. The van der Waals surface area contributed by atoms with Crippen molar-refractivity contribution >= 4 is 17.4 Å². The summed E-state index contributed by atoms with van der Waals surface area (Å²) in [6, 6.07) is 15.8. The van der Waals surface area contributed by atoms with Crippen molar-refractivity contribution < 1.29 is 19.0 Å². The van der Waals surface area contributed by atoms with Crippen LogP contribution in [0.1, 0.15) is 18.3 Å². The van der Waals surface area contributed by atoms with E-state index in [0.29, 0.717) is 34.5 Å². The lowest BCUT2D eigenvalue weighted by molar-refractivity contribution is 0.174. The highest BCUT2D eigenvalue weighted by Crippen LogP contribution is 2.35. The number of anilines is 2. The Labute approximate surface area is 202 Å². The lowest BCUT2D eigenvalue weighted by Crippen LogP contribution is -2.19. The molecule has 2 amide bonds. The SMILES string of the molecule is CCc1nccc(-c2cccnc2Oc2ccc(NC(=O)Nc3ccc4c(c3)OCO4)cc2C)n1. The number of carbonyl (C=O) groups is 1. The van der Waals surface area contributed by atoms with Gasteiger partial charge in [0.15, 0.2) is 11.5 Å². The standard InChI is InChI=1S/C26H23N5O4/c1-3-24-27-12-10-20(31-24)19-5-4-11-28-25(19)35-21-8-6-17(13-16(21)2)29-26(32)30-18-7-9-22-23(14-18)34-15-33-22/h4-14H,3,15H2,1-2H3,(H2,29,30,32). The molecule has 1 aliphatic rings. The number of rotatable bonds is 6. The molecule has 0 bridgehead atoms. The molecule has 2 aromatic heterocycles. The second-order valence-corrected chi connectivity index (χ2v) is 7.80. The summed E-state index contributed by atoms with van der Waals surface area (Å²) in [6.45, 7) is 4.09. The van der Waals surface area contributed by atoms with E-state index in [2.05, 4.69) is 25.6 Å². The smallest absolute Gasteiger partial charge is 0.323 e. The third-order valence-electron chi connectivity index (χ3n) is 5.34. The quantitative estimate of drug-likeness (QED) is 0.380. The van der Waals surface area contributed by atoms with Crippen LogP contribution in [0.4, 0.5) is 16.2 Å². The Kier molecular flexibility index (Phi) is 6.13. The van der Waals surface area contributed by atoms with Gasteiger partial charge in [-0.1, -0.05) is 6.92 Å². The number of urea groups is 1. The highest BCUT2D eigenvalue weighted by molar-refractivity contribution is 6.00. The zero-order valence-corrected chi connectivity index (χ0v) is 19.2. The Morgan fingerprint density at radius 2 is 1.77 bits per heavy atom. The zero-order chi connectivity index (χ0) is 24.2. The van der Waals surface area contributed by atoms with Gasteiger partial charge in [-0.3, -0.25) is 0 Å². The van der Waals surface area contributed by atoms with Gasteiger partial charge in [0.1, 0.15) is 11.6 Å². The maximum Gasteiger partial charge on any atom is 0.323 e. The highest BCUT2D eigenvalue weighted by Gasteiger charge is 2.15. The van der Waals surface area contributed by atoms with Crippen LogP contribution in [0, 0.1) is 6.92 Å². The summed E-state index contributed by atoms with van der Waals surface area (Å²) in [5.74, 6) is 3.07. The fourth-order valence-corrected chi connectivity index (χ4v) is 3.60. The molecule has 35 heavy (non-hydrogen) atoms. The first-order chi connectivity index (χ1) is 17.1. The molecule has 2 aromatic carbocycles. The molecule has 9 heteroatoms. The summed E-state index contributed by atoms with van der Waals surface area (Å²) in [4.78, 5) is 25.7. The molecule has 5 rings (SSSR count). The second-order valence-electron chi connectivity index (χ2n) is 7.80. The minimum absolute atomic E-state index is 0.178. The third kappa shape index (κ3) is 4.98. The number of pyridine rings is 1. The van der Waals surface area contributed by atoms with Crippen LogP contribution in [0.5, 0.6) is 23.1 Å². The van der Waals surface area contributed by atoms with Crippen molar-refractivity contribution in [2.45, 2.75) is 20.3 Å². The fraction of sp³-hybridized carbons (Fsp3) is 0.154. The first-order valence-corrected chi connectivity index (χ1v) is 11.1. The van der Waals surface area contributed by atoms with Crippen molar-refractivity contribution in [2.24, 2.45) is 0 Å². The Morgan fingerprint density at radius 1 is 0.971 bits per heavy atom. The van der Waals surface area contributed by atoms with E-state index in [1.54, 1.807) is 42.7 Å². The van der Waals surface area contributed by atoms with Crippen molar-refractivity contribution in [3.8, 4) is 34.4 Å². The number of ether oxygens (including phenoxy) is 3. The van der Waals surface area contributed by atoms with Crippen LogP contribution in [0.15, 0.2) is 67.0 Å². The molecule has 2 N–H and O–H groups in total. The molecule has 0 spiro atoms. The van der Waals surface area contributed by atoms with Gasteiger partial charge >= 0.3 is 6.03 Å². The summed E-state index contributed by atoms with van der Waals surface area (Å²) in [7, 11) is 0. The summed E-state index contributed by atoms with van der Waals surface area (Å²) in [6.07, 6.45) is 4.14. The average Bonchev–Trinajstić information content (AvgIpc) is 3.34. The number of amides is 2. The Bertz CT molecular complexity index is 1390. The van der Waals surface area contributed by atoms with E-state index in [1.165, 1.54) is 0 Å². The van der Waals surface area contributed by atoms with Crippen LogP contribution >= 0.6 is 0 Å². The summed E-state index contributed by atoms with van der Waals surface area (Å²) >= 11 is 0. The van der Waals surface area contributed by atoms with E-state index in [-0.39, 0.29) is 12.8 Å². The van der Waals surface area contributed by atoms with Gasteiger partial charge in [0.25, 0.3) is 0 Å². The number of nitrogens with zero attached hydrogens (tertiary/aromatic N) is 3. The Balaban J connectivity index is 1.29. The Morgan fingerprint density at radius 3 is 2.60 bits per heavy atom.